The largest absolute Gasteiger partial charge is 0.497 e. The lowest BCUT2D eigenvalue weighted by atomic mass is 10.0. The molecule has 4 rings (SSSR count). The van der Waals surface area contributed by atoms with E-state index in [0.29, 0.717) is 22.9 Å². The van der Waals surface area contributed by atoms with Crippen molar-refractivity contribution < 1.29 is 13.9 Å². The van der Waals surface area contributed by atoms with Crippen molar-refractivity contribution in [2.75, 3.05) is 26.7 Å². The van der Waals surface area contributed by atoms with Gasteiger partial charge >= 0.3 is 0 Å². The molecule has 29 heavy (non-hydrogen) atoms. The first kappa shape index (κ1) is 19.8. The van der Waals surface area contributed by atoms with E-state index in [0.717, 1.165) is 35.4 Å². The number of fused-ring (bicyclic) bond motifs is 1. The van der Waals surface area contributed by atoms with Gasteiger partial charge < -0.3 is 14.5 Å². The Bertz CT molecular complexity index is 1020. The highest BCUT2D eigenvalue weighted by atomic mass is 35.5. The van der Waals surface area contributed by atoms with Gasteiger partial charge in [-0.3, -0.25) is 9.69 Å². The summed E-state index contributed by atoms with van der Waals surface area (Å²) in [7, 11) is 1.67. The lowest BCUT2D eigenvalue weighted by Crippen LogP contribution is -2.36. The fourth-order valence-electron chi connectivity index (χ4n) is 4.05. The van der Waals surface area contributed by atoms with Gasteiger partial charge in [-0.25, -0.2) is 0 Å². The molecule has 0 bridgehead atoms. The van der Waals surface area contributed by atoms with Crippen LogP contribution in [0, 0.1) is 6.92 Å². The van der Waals surface area contributed by atoms with Crippen LogP contribution in [0.5, 0.6) is 5.75 Å². The van der Waals surface area contributed by atoms with Crippen molar-refractivity contribution in [3.05, 3.63) is 64.4 Å². The first-order chi connectivity index (χ1) is 14.1. The Balaban J connectivity index is 1.56. The molecule has 3 aromatic rings. The van der Waals surface area contributed by atoms with Crippen molar-refractivity contribution in [2.24, 2.45) is 0 Å². The molecule has 1 amide bonds. The number of nitrogens with zero attached hydrogens (tertiary/aromatic N) is 1. The minimum Gasteiger partial charge on any atom is -0.497 e. The number of hydrogen-bond acceptors (Lipinski definition) is 4. The van der Waals surface area contributed by atoms with E-state index in [1.165, 1.54) is 12.8 Å². The molecule has 5 nitrogen and oxygen atoms in total. The Morgan fingerprint density at radius 3 is 2.72 bits per heavy atom. The Morgan fingerprint density at radius 2 is 2.00 bits per heavy atom. The van der Waals surface area contributed by atoms with E-state index < -0.39 is 0 Å². The van der Waals surface area contributed by atoms with Crippen LogP contribution >= 0.6 is 11.6 Å². The van der Waals surface area contributed by atoms with Crippen LogP contribution in [0.4, 0.5) is 0 Å². The molecule has 1 N–H and O–H groups in total. The summed E-state index contributed by atoms with van der Waals surface area (Å²) in [6, 6.07) is 13.7. The third kappa shape index (κ3) is 3.98. The fraction of sp³-hybridized carbons (Fsp3) is 0.348. The average Bonchev–Trinajstić information content (AvgIpc) is 3.38. The van der Waals surface area contributed by atoms with Gasteiger partial charge in [-0.05, 0) is 56.6 Å². The Morgan fingerprint density at radius 1 is 1.24 bits per heavy atom. The lowest BCUT2D eigenvalue weighted by Gasteiger charge is -2.28. The first-order valence-electron chi connectivity index (χ1n) is 9.92. The summed E-state index contributed by atoms with van der Waals surface area (Å²) in [5.74, 6) is 0.918. The summed E-state index contributed by atoms with van der Waals surface area (Å²) >= 11 is 6.23. The molecule has 1 aliphatic heterocycles. The number of hydrogen-bond donors (Lipinski definition) is 1. The molecule has 6 heteroatoms. The molecule has 2 aromatic carbocycles. The molecule has 2 heterocycles. The van der Waals surface area contributed by atoms with Crippen LogP contribution in [0.25, 0.3) is 11.0 Å². The van der Waals surface area contributed by atoms with E-state index in [9.17, 15) is 4.79 Å². The van der Waals surface area contributed by atoms with Crippen LogP contribution < -0.4 is 10.1 Å². The molecule has 1 saturated heterocycles. The molecule has 1 aromatic heterocycles. The maximum Gasteiger partial charge on any atom is 0.287 e. The Labute approximate surface area is 175 Å². The van der Waals surface area contributed by atoms with Crippen LogP contribution in [-0.4, -0.2) is 37.6 Å². The van der Waals surface area contributed by atoms with Crippen molar-refractivity contribution in [3.8, 4) is 5.75 Å². The molecule has 0 saturated carbocycles. The predicted octanol–water partition coefficient (Wildman–Crippen LogP) is 4.97. The van der Waals surface area contributed by atoms with Gasteiger partial charge in [-0.15, -0.1) is 0 Å². The van der Waals surface area contributed by atoms with Crippen LogP contribution in [0.2, 0.25) is 5.02 Å². The quantitative estimate of drug-likeness (QED) is 0.621. The zero-order valence-electron chi connectivity index (χ0n) is 16.7. The fourth-order valence-corrected chi connectivity index (χ4v) is 4.27. The Kier molecular flexibility index (Phi) is 5.79. The van der Waals surface area contributed by atoms with Crippen LogP contribution in [-0.2, 0) is 0 Å². The van der Waals surface area contributed by atoms with Crippen molar-refractivity contribution in [1.82, 2.24) is 10.2 Å². The minimum absolute atomic E-state index is 0.0878. The van der Waals surface area contributed by atoms with Crippen molar-refractivity contribution in [1.29, 1.82) is 0 Å². The highest BCUT2D eigenvalue weighted by Gasteiger charge is 2.26. The molecule has 1 atom stereocenters. The zero-order chi connectivity index (χ0) is 20.4. The van der Waals surface area contributed by atoms with Crippen LogP contribution in [0.3, 0.4) is 0 Å². The number of ether oxygens (including phenoxy) is 1. The maximum atomic E-state index is 12.9. The second-order valence-electron chi connectivity index (χ2n) is 7.42. The van der Waals surface area contributed by atoms with E-state index in [2.05, 4.69) is 16.3 Å². The first-order valence-corrected chi connectivity index (χ1v) is 10.3. The summed E-state index contributed by atoms with van der Waals surface area (Å²) in [5, 5.41) is 4.45. The van der Waals surface area contributed by atoms with Gasteiger partial charge in [-0.2, -0.15) is 0 Å². The third-order valence-corrected chi connectivity index (χ3v) is 5.94. The molecular weight excluding hydrogens is 388 g/mol. The number of carbonyl (C=O) groups excluding carboxylic acids is 1. The smallest absolute Gasteiger partial charge is 0.287 e. The molecule has 152 valence electrons. The number of benzene rings is 2. The number of furan rings is 1. The van der Waals surface area contributed by atoms with E-state index in [4.69, 9.17) is 20.8 Å². The number of amides is 1. The summed E-state index contributed by atoms with van der Waals surface area (Å²) < 4.78 is 11.2. The number of rotatable bonds is 6. The standard InChI is InChI=1S/C23H25ClN2O3/c1-15-18-9-6-10-19(24)22(18)29-21(15)23(27)25-14-20(26-11-3-4-12-26)16-7-5-8-17(13-16)28-2/h5-10,13,20H,3-4,11-12,14H2,1-2H3,(H,25,27). The number of para-hydroxylation sites is 1. The summed E-state index contributed by atoms with van der Waals surface area (Å²) in [6.07, 6.45) is 2.35. The zero-order valence-corrected chi connectivity index (χ0v) is 17.5. The molecule has 0 aliphatic carbocycles. The van der Waals surface area contributed by atoms with Gasteiger partial charge in [0.1, 0.15) is 5.75 Å². The van der Waals surface area contributed by atoms with Crippen molar-refractivity contribution in [2.45, 2.75) is 25.8 Å². The average molecular weight is 413 g/mol. The molecule has 1 unspecified atom stereocenters. The van der Waals surface area contributed by atoms with Crippen molar-refractivity contribution in [3.63, 3.8) is 0 Å². The number of nitrogens with one attached hydrogen (secondary N) is 1. The van der Waals surface area contributed by atoms with E-state index in [-0.39, 0.29) is 11.9 Å². The van der Waals surface area contributed by atoms with Gasteiger partial charge in [0.15, 0.2) is 11.3 Å². The van der Waals surface area contributed by atoms with Gasteiger partial charge in [0.25, 0.3) is 5.91 Å². The van der Waals surface area contributed by atoms with Gasteiger partial charge in [-0.1, -0.05) is 35.9 Å². The van der Waals surface area contributed by atoms with Crippen LogP contribution in [0.15, 0.2) is 46.9 Å². The van der Waals surface area contributed by atoms with Crippen molar-refractivity contribution >= 4 is 28.5 Å². The van der Waals surface area contributed by atoms with Gasteiger partial charge in [0.2, 0.25) is 0 Å². The summed E-state index contributed by atoms with van der Waals surface area (Å²) in [5.41, 5.74) is 2.50. The highest BCUT2D eigenvalue weighted by Crippen LogP contribution is 2.31. The third-order valence-electron chi connectivity index (χ3n) is 5.64. The SMILES string of the molecule is COc1cccc(C(CNC(=O)c2oc3c(Cl)cccc3c2C)N2CCCC2)c1. The number of likely N-dealkylation sites (tertiary alicyclic amines) is 1. The monoisotopic (exact) mass is 412 g/mol. The molecule has 1 fully saturated rings. The van der Waals surface area contributed by atoms with E-state index in [1.54, 1.807) is 13.2 Å². The van der Waals surface area contributed by atoms with E-state index >= 15 is 0 Å². The number of aryl methyl sites for hydroxylation is 1. The second-order valence-corrected chi connectivity index (χ2v) is 7.83. The number of halogens is 1. The summed E-state index contributed by atoms with van der Waals surface area (Å²) in [4.78, 5) is 15.3. The summed E-state index contributed by atoms with van der Waals surface area (Å²) in [6.45, 7) is 4.43. The Hall–Kier alpha value is -2.50. The normalized spacial score (nSPS) is 15.6. The topological polar surface area (TPSA) is 54.7 Å². The molecular formula is C23H25ClN2O3. The lowest BCUT2D eigenvalue weighted by molar-refractivity contribution is 0.0911. The second kappa shape index (κ2) is 8.47. The van der Waals surface area contributed by atoms with Gasteiger partial charge in [0.05, 0.1) is 18.2 Å². The van der Waals surface area contributed by atoms with E-state index in [1.807, 2.05) is 37.3 Å². The molecule has 0 radical (unpaired) electrons. The van der Waals surface area contributed by atoms with Crippen LogP contribution in [0.1, 0.15) is 40.6 Å². The predicted molar refractivity (Wildman–Crippen MR) is 115 cm³/mol. The number of methoxy groups -OCH3 is 1. The van der Waals surface area contributed by atoms with Gasteiger partial charge in [0, 0.05) is 17.5 Å². The minimum atomic E-state index is -0.221. The number of carbonyl (C=O) groups is 1. The highest BCUT2D eigenvalue weighted by molar-refractivity contribution is 6.35. The molecule has 0 spiro atoms. The maximum absolute atomic E-state index is 12.9. The molecule has 1 aliphatic rings.